The van der Waals surface area contributed by atoms with E-state index in [0.717, 1.165) is 5.56 Å². The van der Waals surface area contributed by atoms with Crippen molar-refractivity contribution in [2.24, 2.45) is 5.41 Å². The van der Waals surface area contributed by atoms with Crippen molar-refractivity contribution < 1.29 is 19.1 Å². The molecule has 1 heterocycles. The van der Waals surface area contributed by atoms with Crippen LogP contribution in [0, 0.1) is 5.41 Å². The largest absolute Gasteiger partial charge is 0.425 e. The molecule has 3 atom stereocenters. The molecule has 0 spiro atoms. The number of ether oxygens (including phenoxy) is 2. The molecule has 2 aliphatic rings. The summed E-state index contributed by atoms with van der Waals surface area (Å²) in [5.74, 6) is -0.00238. The normalized spacial score (nSPS) is 29.9. The lowest BCUT2D eigenvalue weighted by molar-refractivity contribution is -0.209. The summed E-state index contributed by atoms with van der Waals surface area (Å²) in [5.41, 5.74) is -0.918. The first-order valence-corrected chi connectivity index (χ1v) is 9.26. The van der Waals surface area contributed by atoms with Crippen LogP contribution in [0.15, 0.2) is 24.3 Å². The number of fused-ring (bicyclic) bond motifs is 3. The predicted molar refractivity (Wildman–Crippen MR) is 94.4 cm³/mol. The Balaban J connectivity index is 2.20. The molecule has 136 valence electrons. The molecule has 1 aliphatic carbocycles. The summed E-state index contributed by atoms with van der Waals surface area (Å²) in [7, 11) is 0. The molecule has 1 aromatic rings. The monoisotopic (exact) mass is 345 g/mol. The fourth-order valence-electron chi connectivity index (χ4n) is 4.83. The average Bonchev–Trinajstić information content (AvgIpc) is 2.60. The Labute approximate surface area is 149 Å². The summed E-state index contributed by atoms with van der Waals surface area (Å²) in [4.78, 5) is 28.3. The van der Waals surface area contributed by atoms with Gasteiger partial charge >= 0.3 is 5.97 Å². The van der Waals surface area contributed by atoms with Crippen molar-refractivity contribution in [1.82, 2.24) is 4.90 Å². The van der Waals surface area contributed by atoms with Crippen LogP contribution in [0.3, 0.4) is 0 Å². The van der Waals surface area contributed by atoms with Gasteiger partial charge in [-0.3, -0.25) is 9.59 Å². The van der Waals surface area contributed by atoms with Gasteiger partial charge in [0.05, 0.1) is 11.5 Å². The third kappa shape index (κ3) is 2.11. The Bertz CT molecular complexity index is 684. The third-order valence-electron chi connectivity index (χ3n) is 6.06. The zero-order valence-electron chi connectivity index (χ0n) is 15.5. The molecule has 5 heteroatoms. The quantitative estimate of drug-likeness (QED) is 0.452. The lowest BCUT2D eigenvalue weighted by Crippen LogP contribution is -2.76. The van der Waals surface area contributed by atoms with E-state index in [9.17, 15) is 9.59 Å². The Morgan fingerprint density at radius 2 is 1.92 bits per heavy atom. The molecule has 0 unspecified atom stereocenters. The number of carbonyl (C=O) groups excluding carboxylic acids is 2. The zero-order chi connectivity index (χ0) is 18.2. The van der Waals surface area contributed by atoms with E-state index in [1.54, 1.807) is 11.0 Å². The fourth-order valence-corrected chi connectivity index (χ4v) is 4.83. The number of amides is 1. The standard InChI is InChI=1S/C20H27NO4/c1-5-19-14-11-9-10-12-15(14)25-18(23)20(19,13-16(19)24-8-4)17(22)21(6-2)7-3/h9-12,16H,5-8,13H2,1-4H3/t16-,19-,20+/m1/s1. The second-order valence-corrected chi connectivity index (χ2v) is 6.74. The van der Waals surface area contributed by atoms with Crippen molar-refractivity contribution in [3.05, 3.63) is 29.8 Å². The number of hydrogen-bond donors (Lipinski definition) is 0. The number of hydrogen-bond acceptors (Lipinski definition) is 4. The van der Waals surface area contributed by atoms with E-state index in [1.165, 1.54) is 0 Å². The van der Waals surface area contributed by atoms with E-state index in [2.05, 4.69) is 0 Å². The van der Waals surface area contributed by atoms with Crippen LogP contribution in [0.5, 0.6) is 5.75 Å². The van der Waals surface area contributed by atoms with Crippen LogP contribution in [-0.2, 0) is 19.7 Å². The van der Waals surface area contributed by atoms with Crippen LogP contribution in [0.2, 0.25) is 0 Å². The van der Waals surface area contributed by atoms with Crippen molar-refractivity contribution in [3.63, 3.8) is 0 Å². The van der Waals surface area contributed by atoms with Crippen molar-refractivity contribution in [2.45, 2.75) is 52.1 Å². The number of para-hydroxylation sites is 1. The minimum absolute atomic E-state index is 0.130. The summed E-state index contributed by atoms with van der Waals surface area (Å²) in [5, 5.41) is 0. The van der Waals surface area contributed by atoms with Gasteiger partial charge in [-0.25, -0.2) is 0 Å². The number of benzene rings is 1. The number of esters is 1. The first-order valence-electron chi connectivity index (χ1n) is 9.26. The van der Waals surface area contributed by atoms with Gasteiger partial charge < -0.3 is 14.4 Å². The summed E-state index contributed by atoms with van der Waals surface area (Å²) < 4.78 is 11.6. The van der Waals surface area contributed by atoms with Gasteiger partial charge in [0.15, 0.2) is 5.41 Å². The van der Waals surface area contributed by atoms with Crippen LogP contribution in [0.25, 0.3) is 0 Å². The highest BCUT2D eigenvalue weighted by Gasteiger charge is 2.77. The second-order valence-electron chi connectivity index (χ2n) is 6.74. The van der Waals surface area contributed by atoms with Gasteiger partial charge in [0, 0.05) is 31.7 Å². The lowest BCUT2D eigenvalue weighted by Gasteiger charge is -2.63. The van der Waals surface area contributed by atoms with Crippen LogP contribution in [0.1, 0.15) is 46.1 Å². The topological polar surface area (TPSA) is 55.8 Å². The van der Waals surface area contributed by atoms with Gasteiger partial charge in [-0.05, 0) is 33.3 Å². The summed E-state index contributed by atoms with van der Waals surface area (Å²) in [6, 6.07) is 7.56. The molecule has 1 fully saturated rings. The summed E-state index contributed by atoms with van der Waals surface area (Å²) in [6.07, 6.45) is 0.879. The minimum Gasteiger partial charge on any atom is -0.425 e. The average molecular weight is 345 g/mol. The Morgan fingerprint density at radius 3 is 2.52 bits per heavy atom. The molecule has 0 N–H and O–H groups in total. The molecule has 1 aliphatic heterocycles. The number of rotatable bonds is 6. The number of nitrogens with zero attached hydrogens (tertiary/aromatic N) is 1. The van der Waals surface area contributed by atoms with Crippen LogP contribution in [0.4, 0.5) is 0 Å². The van der Waals surface area contributed by atoms with Crippen molar-refractivity contribution in [1.29, 1.82) is 0 Å². The molecule has 5 nitrogen and oxygen atoms in total. The van der Waals surface area contributed by atoms with Crippen LogP contribution < -0.4 is 4.74 Å². The second kappa shape index (κ2) is 6.45. The molecule has 3 rings (SSSR count). The molecule has 1 aromatic carbocycles. The van der Waals surface area contributed by atoms with E-state index in [1.807, 2.05) is 45.9 Å². The predicted octanol–water partition coefficient (Wildman–Crippen LogP) is 2.92. The van der Waals surface area contributed by atoms with E-state index < -0.39 is 16.8 Å². The van der Waals surface area contributed by atoms with Gasteiger partial charge in [0.25, 0.3) is 0 Å². The highest BCUT2D eigenvalue weighted by atomic mass is 16.5. The van der Waals surface area contributed by atoms with Crippen molar-refractivity contribution >= 4 is 11.9 Å². The van der Waals surface area contributed by atoms with Crippen LogP contribution in [-0.4, -0.2) is 42.6 Å². The maximum atomic E-state index is 13.4. The Morgan fingerprint density at radius 1 is 1.24 bits per heavy atom. The van der Waals surface area contributed by atoms with Gasteiger partial charge in [-0.1, -0.05) is 25.1 Å². The Kier molecular flexibility index (Phi) is 4.62. The van der Waals surface area contributed by atoms with E-state index in [4.69, 9.17) is 9.47 Å². The SMILES string of the molecule is CCO[C@@H]1C[C@]2(C(=O)N(CC)CC)C(=O)Oc3ccccc3[C@]12CC. The molecule has 1 amide bonds. The summed E-state index contributed by atoms with van der Waals surface area (Å²) in [6.45, 7) is 9.56. The van der Waals surface area contributed by atoms with Gasteiger partial charge in [0.2, 0.25) is 5.91 Å². The first-order chi connectivity index (χ1) is 12.0. The highest BCUT2D eigenvalue weighted by Crippen LogP contribution is 2.66. The molecular formula is C20H27NO4. The van der Waals surface area contributed by atoms with Gasteiger partial charge in [-0.15, -0.1) is 0 Å². The highest BCUT2D eigenvalue weighted by molar-refractivity contribution is 6.08. The number of carbonyl (C=O) groups is 2. The molecule has 25 heavy (non-hydrogen) atoms. The molecule has 0 aromatic heterocycles. The van der Waals surface area contributed by atoms with Gasteiger partial charge in [-0.2, -0.15) is 0 Å². The molecule has 0 bridgehead atoms. The van der Waals surface area contributed by atoms with Crippen LogP contribution >= 0.6 is 0 Å². The van der Waals surface area contributed by atoms with Crippen molar-refractivity contribution in [2.75, 3.05) is 19.7 Å². The zero-order valence-corrected chi connectivity index (χ0v) is 15.5. The van der Waals surface area contributed by atoms with Gasteiger partial charge in [0.1, 0.15) is 5.75 Å². The maximum Gasteiger partial charge on any atom is 0.328 e. The smallest absolute Gasteiger partial charge is 0.328 e. The minimum atomic E-state index is -1.18. The molecule has 0 saturated heterocycles. The lowest BCUT2D eigenvalue weighted by atomic mass is 9.42. The Hall–Kier alpha value is -1.88. The molecule has 1 saturated carbocycles. The fraction of sp³-hybridized carbons (Fsp3) is 0.600. The van der Waals surface area contributed by atoms with Crippen molar-refractivity contribution in [3.8, 4) is 5.75 Å². The van der Waals surface area contributed by atoms with E-state index in [-0.39, 0.29) is 12.0 Å². The third-order valence-corrected chi connectivity index (χ3v) is 6.06. The summed E-state index contributed by atoms with van der Waals surface area (Å²) >= 11 is 0. The molecular weight excluding hydrogens is 318 g/mol. The van der Waals surface area contributed by atoms with E-state index >= 15 is 0 Å². The maximum absolute atomic E-state index is 13.4. The molecule has 0 radical (unpaired) electrons. The van der Waals surface area contributed by atoms with E-state index in [0.29, 0.717) is 38.3 Å². The first kappa shape index (κ1) is 17.9.